The fourth-order valence-electron chi connectivity index (χ4n) is 2.51. The molecular formula is C13H26N2O2. The Morgan fingerprint density at radius 1 is 1.47 bits per heavy atom. The lowest BCUT2D eigenvalue weighted by atomic mass is 10.1. The summed E-state index contributed by atoms with van der Waals surface area (Å²) in [4.78, 5) is 14.3. The van der Waals surface area contributed by atoms with Gasteiger partial charge in [0.15, 0.2) is 0 Å². The number of nitrogens with zero attached hydrogens (tertiary/aromatic N) is 1. The molecule has 0 radical (unpaired) electrons. The third-order valence-corrected chi connectivity index (χ3v) is 3.48. The molecule has 1 aliphatic rings. The third kappa shape index (κ3) is 3.42. The molecule has 0 aromatic heterocycles. The largest absolute Gasteiger partial charge is 0.383 e. The van der Waals surface area contributed by atoms with Gasteiger partial charge in [0.1, 0.15) is 0 Å². The van der Waals surface area contributed by atoms with Gasteiger partial charge in [-0.2, -0.15) is 0 Å². The fourth-order valence-corrected chi connectivity index (χ4v) is 2.51. The minimum absolute atomic E-state index is 0.0101. The molecule has 0 spiro atoms. The highest BCUT2D eigenvalue weighted by molar-refractivity contribution is 5.84. The standard InChI is InChI=1S/C13H26N2O2/c1-5-7-8-12-13(16)15(10(3)14-12)11(6-2)9-17-4/h10-12,14H,5-9H2,1-4H3. The molecule has 0 aromatic carbocycles. The molecule has 1 saturated heterocycles. The number of unbranched alkanes of at least 4 members (excludes halogenated alkanes) is 1. The first-order chi connectivity index (χ1) is 8.15. The Kier molecular flexibility index (Phi) is 5.92. The average molecular weight is 242 g/mol. The van der Waals surface area contributed by atoms with Crippen molar-refractivity contribution in [3.8, 4) is 0 Å². The van der Waals surface area contributed by atoms with Gasteiger partial charge in [-0.25, -0.2) is 0 Å². The van der Waals surface area contributed by atoms with E-state index in [-0.39, 0.29) is 24.2 Å². The van der Waals surface area contributed by atoms with Crippen molar-refractivity contribution in [2.45, 2.75) is 64.7 Å². The van der Waals surface area contributed by atoms with Gasteiger partial charge in [-0.15, -0.1) is 0 Å². The first kappa shape index (κ1) is 14.5. The van der Waals surface area contributed by atoms with Crippen molar-refractivity contribution in [2.24, 2.45) is 0 Å². The Bertz CT molecular complexity index is 246. The zero-order valence-corrected chi connectivity index (χ0v) is 11.5. The van der Waals surface area contributed by atoms with Gasteiger partial charge in [0.2, 0.25) is 5.91 Å². The van der Waals surface area contributed by atoms with Crippen molar-refractivity contribution in [1.29, 1.82) is 0 Å². The molecule has 4 nitrogen and oxygen atoms in total. The van der Waals surface area contributed by atoms with E-state index in [4.69, 9.17) is 4.74 Å². The van der Waals surface area contributed by atoms with Crippen LogP contribution in [0.3, 0.4) is 0 Å². The van der Waals surface area contributed by atoms with Crippen molar-refractivity contribution in [3.63, 3.8) is 0 Å². The van der Waals surface area contributed by atoms with E-state index < -0.39 is 0 Å². The van der Waals surface area contributed by atoms with Crippen molar-refractivity contribution in [3.05, 3.63) is 0 Å². The Labute approximate surface area is 105 Å². The fraction of sp³-hybridized carbons (Fsp3) is 0.923. The zero-order chi connectivity index (χ0) is 12.8. The van der Waals surface area contributed by atoms with Crippen LogP contribution in [0.2, 0.25) is 0 Å². The maximum absolute atomic E-state index is 12.3. The SMILES string of the molecule is CCCCC1NC(C)N(C(CC)COC)C1=O. The smallest absolute Gasteiger partial charge is 0.241 e. The van der Waals surface area contributed by atoms with E-state index in [9.17, 15) is 4.79 Å². The van der Waals surface area contributed by atoms with Gasteiger partial charge in [0.05, 0.1) is 24.9 Å². The Morgan fingerprint density at radius 2 is 2.18 bits per heavy atom. The number of amides is 1. The van der Waals surface area contributed by atoms with Crippen LogP contribution in [0.25, 0.3) is 0 Å². The molecule has 1 fully saturated rings. The Morgan fingerprint density at radius 3 is 2.71 bits per heavy atom. The van der Waals surface area contributed by atoms with Crippen LogP contribution < -0.4 is 5.32 Å². The molecule has 0 aliphatic carbocycles. The van der Waals surface area contributed by atoms with E-state index in [1.54, 1.807) is 7.11 Å². The number of carbonyl (C=O) groups is 1. The summed E-state index contributed by atoms with van der Waals surface area (Å²) < 4.78 is 5.20. The maximum Gasteiger partial charge on any atom is 0.241 e. The molecular weight excluding hydrogens is 216 g/mol. The Hall–Kier alpha value is -0.610. The highest BCUT2D eigenvalue weighted by atomic mass is 16.5. The second kappa shape index (κ2) is 6.97. The van der Waals surface area contributed by atoms with Crippen molar-refractivity contribution < 1.29 is 9.53 Å². The molecule has 3 atom stereocenters. The third-order valence-electron chi connectivity index (χ3n) is 3.48. The number of methoxy groups -OCH3 is 1. The summed E-state index contributed by atoms with van der Waals surface area (Å²) in [5.41, 5.74) is 0. The van der Waals surface area contributed by atoms with E-state index in [1.165, 1.54) is 0 Å². The van der Waals surface area contributed by atoms with Gasteiger partial charge < -0.3 is 9.64 Å². The molecule has 100 valence electrons. The van der Waals surface area contributed by atoms with Crippen LogP contribution in [0.1, 0.15) is 46.5 Å². The molecule has 1 aliphatic heterocycles. The van der Waals surface area contributed by atoms with Gasteiger partial charge in [0.25, 0.3) is 0 Å². The van der Waals surface area contributed by atoms with Crippen LogP contribution in [0.15, 0.2) is 0 Å². The number of ether oxygens (including phenoxy) is 1. The van der Waals surface area contributed by atoms with Crippen LogP contribution in [0.4, 0.5) is 0 Å². The summed E-state index contributed by atoms with van der Waals surface area (Å²) >= 11 is 0. The number of carbonyl (C=O) groups excluding carboxylic acids is 1. The number of hydrogen-bond acceptors (Lipinski definition) is 3. The lowest BCUT2D eigenvalue weighted by molar-refractivity contribution is -0.133. The normalized spacial score (nSPS) is 26.6. The molecule has 17 heavy (non-hydrogen) atoms. The van der Waals surface area contributed by atoms with Gasteiger partial charge in [-0.05, 0) is 19.8 Å². The summed E-state index contributed by atoms with van der Waals surface area (Å²) in [5, 5.41) is 3.38. The van der Waals surface area contributed by atoms with E-state index in [1.807, 2.05) is 4.90 Å². The zero-order valence-electron chi connectivity index (χ0n) is 11.5. The van der Waals surface area contributed by atoms with E-state index in [0.29, 0.717) is 6.61 Å². The predicted molar refractivity (Wildman–Crippen MR) is 68.7 cm³/mol. The van der Waals surface area contributed by atoms with Gasteiger partial charge in [-0.3, -0.25) is 10.1 Å². The summed E-state index contributed by atoms with van der Waals surface area (Å²) in [6, 6.07) is 0.206. The molecule has 0 saturated carbocycles. The van der Waals surface area contributed by atoms with Crippen molar-refractivity contribution in [2.75, 3.05) is 13.7 Å². The Balaban J connectivity index is 2.63. The molecule has 1 amide bonds. The van der Waals surface area contributed by atoms with Crippen LogP contribution in [0, 0.1) is 0 Å². The van der Waals surface area contributed by atoms with Gasteiger partial charge in [-0.1, -0.05) is 26.7 Å². The molecule has 0 bridgehead atoms. The lowest BCUT2D eigenvalue weighted by Gasteiger charge is -2.29. The summed E-state index contributed by atoms with van der Waals surface area (Å²) in [6.07, 6.45) is 4.25. The predicted octanol–water partition coefficient (Wildman–Crippen LogP) is 1.75. The number of hydrogen-bond donors (Lipinski definition) is 1. The molecule has 1 heterocycles. The van der Waals surface area contributed by atoms with E-state index in [2.05, 4.69) is 26.1 Å². The molecule has 0 aromatic rings. The van der Waals surface area contributed by atoms with E-state index >= 15 is 0 Å². The van der Waals surface area contributed by atoms with E-state index in [0.717, 1.165) is 25.7 Å². The van der Waals surface area contributed by atoms with Crippen molar-refractivity contribution >= 4 is 5.91 Å². The van der Waals surface area contributed by atoms with Crippen LogP contribution in [-0.4, -0.2) is 42.8 Å². The van der Waals surface area contributed by atoms with Gasteiger partial charge >= 0.3 is 0 Å². The summed E-state index contributed by atoms with van der Waals surface area (Å²) in [7, 11) is 1.69. The van der Waals surface area contributed by atoms with Crippen molar-refractivity contribution in [1.82, 2.24) is 10.2 Å². The van der Waals surface area contributed by atoms with Crippen LogP contribution in [-0.2, 0) is 9.53 Å². The average Bonchev–Trinajstić information content (AvgIpc) is 2.59. The quantitative estimate of drug-likeness (QED) is 0.739. The highest BCUT2D eigenvalue weighted by Crippen LogP contribution is 2.19. The molecule has 3 unspecified atom stereocenters. The minimum atomic E-state index is 0.0101. The molecule has 1 rings (SSSR count). The second-order valence-corrected chi connectivity index (χ2v) is 4.80. The van der Waals surface area contributed by atoms with Crippen LogP contribution >= 0.6 is 0 Å². The monoisotopic (exact) mass is 242 g/mol. The topological polar surface area (TPSA) is 41.6 Å². The lowest BCUT2D eigenvalue weighted by Crippen LogP contribution is -2.45. The summed E-state index contributed by atoms with van der Waals surface area (Å²) in [6.45, 7) is 6.93. The second-order valence-electron chi connectivity index (χ2n) is 4.80. The number of nitrogens with one attached hydrogen (secondary N) is 1. The van der Waals surface area contributed by atoms with Gasteiger partial charge in [0, 0.05) is 7.11 Å². The molecule has 4 heteroatoms. The first-order valence-corrected chi connectivity index (χ1v) is 6.72. The minimum Gasteiger partial charge on any atom is -0.383 e. The highest BCUT2D eigenvalue weighted by Gasteiger charge is 2.39. The van der Waals surface area contributed by atoms with Crippen LogP contribution in [0.5, 0.6) is 0 Å². The first-order valence-electron chi connectivity index (χ1n) is 6.72. The number of rotatable bonds is 7. The summed E-state index contributed by atoms with van der Waals surface area (Å²) in [5.74, 6) is 0.245. The maximum atomic E-state index is 12.3. The molecule has 1 N–H and O–H groups in total.